The van der Waals surface area contributed by atoms with Crippen LogP contribution in [0, 0.1) is 6.92 Å². The second-order valence-corrected chi connectivity index (χ2v) is 6.17. The third-order valence-electron chi connectivity index (χ3n) is 3.30. The summed E-state index contributed by atoms with van der Waals surface area (Å²) in [5, 5.41) is 5.90. The van der Waals surface area contributed by atoms with Crippen LogP contribution in [0.3, 0.4) is 0 Å². The molecule has 3 rings (SSSR count). The summed E-state index contributed by atoms with van der Waals surface area (Å²) in [6.45, 7) is 2.00. The Balaban J connectivity index is 1.67. The highest BCUT2D eigenvalue weighted by Crippen LogP contribution is 2.18. The predicted octanol–water partition coefficient (Wildman–Crippen LogP) is 4.54. The Kier molecular flexibility index (Phi) is 4.86. The maximum Gasteiger partial charge on any atom is 0.258 e. The van der Waals surface area contributed by atoms with Crippen molar-refractivity contribution >= 4 is 39.2 Å². The molecule has 0 aliphatic heterocycles. The van der Waals surface area contributed by atoms with Gasteiger partial charge < -0.3 is 10.6 Å². The molecule has 0 saturated carbocycles. The molecule has 3 aromatic rings. The smallest absolute Gasteiger partial charge is 0.258 e. The van der Waals surface area contributed by atoms with E-state index >= 15 is 0 Å². The number of halogens is 1. The van der Waals surface area contributed by atoms with Gasteiger partial charge in [0.2, 0.25) is 5.95 Å². The number of nitrogens with one attached hydrogen (secondary N) is 2. The molecule has 0 fully saturated rings. The summed E-state index contributed by atoms with van der Waals surface area (Å²) in [6, 6.07) is 15.3. The molecule has 0 spiro atoms. The zero-order valence-corrected chi connectivity index (χ0v) is 14.5. The van der Waals surface area contributed by atoms with Crippen LogP contribution in [0.1, 0.15) is 15.9 Å². The zero-order valence-electron chi connectivity index (χ0n) is 13.0. The minimum Gasteiger partial charge on any atom is -0.324 e. The van der Waals surface area contributed by atoms with Crippen LogP contribution < -0.4 is 10.6 Å². The van der Waals surface area contributed by atoms with Crippen molar-refractivity contribution in [1.29, 1.82) is 0 Å². The van der Waals surface area contributed by atoms with E-state index in [1.54, 1.807) is 0 Å². The van der Waals surface area contributed by atoms with Gasteiger partial charge in [0.15, 0.2) is 0 Å². The lowest BCUT2D eigenvalue weighted by Gasteiger charge is -2.07. The quantitative estimate of drug-likeness (QED) is 0.694. The summed E-state index contributed by atoms with van der Waals surface area (Å²) in [5.74, 6) is 0.188. The second kappa shape index (κ2) is 7.23. The maximum absolute atomic E-state index is 12.2. The van der Waals surface area contributed by atoms with Gasteiger partial charge in [0.25, 0.3) is 5.91 Å². The fourth-order valence-electron chi connectivity index (χ4n) is 2.05. The van der Waals surface area contributed by atoms with Crippen LogP contribution in [0.2, 0.25) is 0 Å². The van der Waals surface area contributed by atoms with E-state index in [0.29, 0.717) is 11.5 Å². The molecule has 0 aliphatic rings. The average molecular weight is 383 g/mol. The van der Waals surface area contributed by atoms with E-state index in [0.717, 1.165) is 21.4 Å². The molecular formula is C18H15BrN4O. The molecule has 0 saturated heterocycles. The highest BCUT2D eigenvalue weighted by atomic mass is 79.9. The van der Waals surface area contributed by atoms with Gasteiger partial charge in [-0.3, -0.25) is 4.79 Å². The summed E-state index contributed by atoms with van der Waals surface area (Å²) < 4.78 is 0.960. The van der Waals surface area contributed by atoms with E-state index in [9.17, 15) is 4.79 Å². The number of aryl methyl sites for hydroxylation is 1. The van der Waals surface area contributed by atoms with Crippen LogP contribution in [-0.4, -0.2) is 15.9 Å². The van der Waals surface area contributed by atoms with Crippen LogP contribution >= 0.6 is 15.9 Å². The molecule has 120 valence electrons. The maximum atomic E-state index is 12.2. The Morgan fingerprint density at radius 3 is 2.38 bits per heavy atom. The molecule has 0 atom stereocenters. The molecule has 6 heteroatoms. The number of anilines is 3. The normalized spacial score (nSPS) is 10.2. The van der Waals surface area contributed by atoms with Gasteiger partial charge in [0, 0.05) is 28.2 Å². The summed E-state index contributed by atoms with van der Waals surface area (Å²) in [4.78, 5) is 20.6. The van der Waals surface area contributed by atoms with Crippen molar-refractivity contribution in [3.05, 3.63) is 76.5 Å². The Hall–Kier alpha value is -2.73. The highest BCUT2D eigenvalue weighted by molar-refractivity contribution is 9.10. The van der Waals surface area contributed by atoms with Crippen molar-refractivity contribution in [3.63, 3.8) is 0 Å². The number of rotatable bonds is 4. The number of carbonyl (C=O) groups excluding carboxylic acids is 1. The highest BCUT2D eigenvalue weighted by Gasteiger charge is 2.08. The monoisotopic (exact) mass is 382 g/mol. The first-order chi connectivity index (χ1) is 11.6. The number of carbonyl (C=O) groups is 1. The number of aromatic nitrogens is 2. The Labute approximate surface area is 148 Å². The Morgan fingerprint density at radius 2 is 1.71 bits per heavy atom. The lowest BCUT2D eigenvalue weighted by molar-refractivity contribution is 0.102. The van der Waals surface area contributed by atoms with Gasteiger partial charge in [0.05, 0.1) is 5.56 Å². The van der Waals surface area contributed by atoms with E-state index in [1.807, 2.05) is 55.5 Å². The zero-order chi connectivity index (χ0) is 16.9. The standard InChI is InChI=1S/C18H15BrN4O/c1-12-5-7-15(8-6-12)22-17(24)13-10-20-18(21-11-13)23-16-4-2-3-14(19)9-16/h2-11H,1H3,(H,22,24)(H,20,21,23). The van der Waals surface area contributed by atoms with Crippen molar-refractivity contribution in [2.75, 3.05) is 10.6 Å². The van der Waals surface area contributed by atoms with Gasteiger partial charge in [-0.25, -0.2) is 9.97 Å². The topological polar surface area (TPSA) is 66.9 Å². The fraction of sp³-hybridized carbons (Fsp3) is 0.0556. The third kappa shape index (κ3) is 4.17. The molecule has 0 aliphatic carbocycles. The first-order valence-corrected chi connectivity index (χ1v) is 8.12. The summed E-state index contributed by atoms with van der Waals surface area (Å²) in [7, 11) is 0. The lowest BCUT2D eigenvalue weighted by atomic mass is 10.2. The van der Waals surface area contributed by atoms with E-state index in [2.05, 4.69) is 36.5 Å². The number of hydrogen-bond donors (Lipinski definition) is 2. The van der Waals surface area contributed by atoms with Crippen molar-refractivity contribution in [3.8, 4) is 0 Å². The molecule has 0 radical (unpaired) electrons. The average Bonchev–Trinajstić information content (AvgIpc) is 2.57. The lowest BCUT2D eigenvalue weighted by Crippen LogP contribution is -2.13. The van der Waals surface area contributed by atoms with Crippen LogP contribution in [0.15, 0.2) is 65.4 Å². The SMILES string of the molecule is Cc1ccc(NC(=O)c2cnc(Nc3cccc(Br)c3)nc2)cc1. The van der Waals surface area contributed by atoms with Crippen LogP contribution in [0.4, 0.5) is 17.3 Å². The van der Waals surface area contributed by atoms with Crippen molar-refractivity contribution in [2.24, 2.45) is 0 Å². The molecule has 0 bridgehead atoms. The minimum absolute atomic E-state index is 0.243. The van der Waals surface area contributed by atoms with Crippen LogP contribution in [0.5, 0.6) is 0 Å². The van der Waals surface area contributed by atoms with E-state index in [1.165, 1.54) is 12.4 Å². The van der Waals surface area contributed by atoms with Crippen molar-refractivity contribution in [2.45, 2.75) is 6.92 Å². The molecule has 1 aromatic heterocycles. The van der Waals surface area contributed by atoms with Crippen molar-refractivity contribution in [1.82, 2.24) is 9.97 Å². The van der Waals surface area contributed by atoms with Gasteiger partial charge in [-0.1, -0.05) is 39.7 Å². The number of nitrogens with zero attached hydrogens (tertiary/aromatic N) is 2. The number of amides is 1. The largest absolute Gasteiger partial charge is 0.324 e. The van der Waals surface area contributed by atoms with Gasteiger partial charge in [-0.15, -0.1) is 0 Å². The molecule has 0 unspecified atom stereocenters. The molecule has 1 amide bonds. The number of hydrogen-bond acceptors (Lipinski definition) is 4. The third-order valence-corrected chi connectivity index (χ3v) is 3.80. The van der Waals surface area contributed by atoms with Gasteiger partial charge >= 0.3 is 0 Å². The molecule has 24 heavy (non-hydrogen) atoms. The van der Waals surface area contributed by atoms with E-state index in [-0.39, 0.29) is 5.91 Å². The van der Waals surface area contributed by atoms with Crippen LogP contribution in [-0.2, 0) is 0 Å². The first-order valence-electron chi connectivity index (χ1n) is 7.33. The van der Waals surface area contributed by atoms with Gasteiger partial charge in [0.1, 0.15) is 0 Å². The minimum atomic E-state index is -0.243. The van der Waals surface area contributed by atoms with E-state index < -0.39 is 0 Å². The van der Waals surface area contributed by atoms with Crippen LogP contribution in [0.25, 0.3) is 0 Å². The predicted molar refractivity (Wildman–Crippen MR) is 98.6 cm³/mol. The van der Waals surface area contributed by atoms with Gasteiger partial charge in [-0.2, -0.15) is 0 Å². The Morgan fingerprint density at radius 1 is 1.00 bits per heavy atom. The molecule has 2 aromatic carbocycles. The molecule has 1 heterocycles. The summed E-state index contributed by atoms with van der Waals surface area (Å²) in [5.41, 5.74) is 3.14. The summed E-state index contributed by atoms with van der Waals surface area (Å²) in [6.07, 6.45) is 2.99. The fourth-order valence-corrected chi connectivity index (χ4v) is 2.44. The second-order valence-electron chi connectivity index (χ2n) is 5.25. The first kappa shape index (κ1) is 16.1. The number of benzene rings is 2. The van der Waals surface area contributed by atoms with E-state index in [4.69, 9.17) is 0 Å². The van der Waals surface area contributed by atoms with Crippen molar-refractivity contribution < 1.29 is 4.79 Å². The molecule has 2 N–H and O–H groups in total. The molecular weight excluding hydrogens is 368 g/mol. The Bertz CT molecular complexity index is 848. The summed E-state index contributed by atoms with van der Waals surface area (Å²) >= 11 is 3.41. The van der Waals surface area contributed by atoms with Gasteiger partial charge in [-0.05, 0) is 37.3 Å². The molecule has 5 nitrogen and oxygen atoms in total.